The van der Waals surface area contributed by atoms with Gasteiger partial charge < -0.3 is 15.3 Å². The van der Waals surface area contributed by atoms with Crippen molar-refractivity contribution >= 4 is 0 Å². The maximum atomic E-state index is 9.92. The molecule has 114 valence electrons. The lowest BCUT2D eigenvalue weighted by Crippen LogP contribution is -2.01. The second kappa shape index (κ2) is 9.78. The average Bonchev–Trinajstić information content (AvgIpc) is 2.47. The first-order chi connectivity index (χ1) is 9.74. The minimum Gasteiger partial charge on any atom is -0.508 e. The summed E-state index contributed by atoms with van der Waals surface area (Å²) in [5.74, 6) is 0.234. The van der Waals surface area contributed by atoms with Gasteiger partial charge in [0.1, 0.15) is 5.75 Å². The quantitative estimate of drug-likeness (QED) is 0.573. The van der Waals surface area contributed by atoms with Gasteiger partial charge in [0.2, 0.25) is 0 Å². The van der Waals surface area contributed by atoms with Crippen molar-refractivity contribution in [3.8, 4) is 5.75 Å². The van der Waals surface area contributed by atoms with Crippen LogP contribution in [-0.4, -0.2) is 15.3 Å². The molecule has 0 saturated carbocycles. The Morgan fingerprint density at radius 3 is 2.05 bits per heavy atom. The summed E-state index contributed by atoms with van der Waals surface area (Å²) in [4.78, 5) is 0. The molecule has 0 unspecified atom stereocenters. The van der Waals surface area contributed by atoms with Gasteiger partial charge in [-0.05, 0) is 35.6 Å². The Kier molecular flexibility index (Phi) is 8.31. The summed E-state index contributed by atoms with van der Waals surface area (Å²) in [5, 5.41) is 28.6. The van der Waals surface area contributed by atoms with Crippen LogP contribution >= 0.6 is 0 Å². The molecule has 0 amide bonds. The summed E-state index contributed by atoms with van der Waals surface area (Å²) >= 11 is 0. The van der Waals surface area contributed by atoms with Crippen LogP contribution < -0.4 is 0 Å². The zero-order valence-electron chi connectivity index (χ0n) is 12.6. The third-order valence-electron chi connectivity index (χ3n) is 3.86. The number of aromatic hydroxyl groups is 1. The molecule has 0 bridgehead atoms. The number of aliphatic hydroxyl groups is 2. The summed E-state index contributed by atoms with van der Waals surface area (Å²) in [7, 11) is 0. The SMILES string of the molecule is CCCCCCCCCc1c(O)ccc(CO)c1CO. The predicted molar refractivity (Wildman–Crippen MR) is 81.6 cm³/mol. The predicted octanol–water partition coefficient (Wildman–Crippen LogP) is 3.67. The fourth-order valence-corrected chi connectivity index (χ4v) is 2.61. The molecule has 1 rings (SSSR count). The van der Waals surface area contributed by atoms with Crippen LogP contribution in [0.4, 0.5) is 0 Å². The van der Waals surface area contributed by atoms with Gasteiger partial charge in [0.15, 0.2) is 0 Å². The normalized spacial score (nSPS) is 10.9. The molecule has 0 heterocycles. The van der Waals surface area contributed by atoms with Gasteiger partial charge in [-0.2, -0.15) is 0 Å². The van der Waals surface area contributed by atoms with E-state index in [-0.39, 0.29) is 19.0 Å². The highest BCUT2D eigenvalue weighted by Crippen LogP contribution is 2.27. The lowest BCUT2D eigenvalue weighted by Gasteiger charge is -2.13. The summed E-state index contributed by atoms with van der Waals surface area (Å²) in [6.45, 7) is 1.99. The van der Waals surface area contributed by atoms with Gasteiger partial charge in [-0.15, -0.1) is 0 Å². The van der Waals surface area contributed by atoms with Gasteiger partial charge in [0.25, 0.3) is 0 Å². The Morgan fingerprint density at radius 2 is 1.45 bits per heavy atom. The summed E-state index contributed by atoms with van der Waals surface area (Å²) in [6.07, 6.45) is 9.33. The van der Waals surface area contributed by atoms with E-state index in [0.717, 1.165) is 24.8 Å². The second-order valence-electron chi connectivity index (χ2n) is 5.39. The summed E-state index contributed by atoms with van der Waals surface area (Å²) in [5.41, 5.74) is 2.20. The van der Waals surface area contributed by atoms with E-state index in [1.165, 1.54) is 32.1 Å². The van der Waals surface area contributed by atoms with E-state index in [1.54, 1.807) is 12.1 Å². The lowest BCUT2D eigenvalue weighted by atomic mass is 9.96. The molecule has 0 spiro atoms. The van der Waals surface area contributed by atoms with Crippen molar-refractivity contribution in [2.24, 2.45) is 0 Å². The average molecular weight is 280 g/mol. The van der Waals surface area contributed by atoms with Crippen LogP contribution in [0.3, 0.4) is 0 Å². The van der Waals surface area contributed by atoms with Crippen molar-refractivity contribution in [1.29, 1.82) is 0 Å². The van der Waals surface area contributed by atoms with Gasteiger partial charge in [0, 0.05) is 0 Å². The van der Waals surface area contributed by atoms with Crippen molar-refractivity contribution < 1.29 is 15.3 Å². The minimum absolute atomic E-state index is 0.0970. The Balaban J connectivity index is 2.46. The molecule has 20 heavy (non-hydrogen) atoms. The molecule has 3 nitrogen and oxygen atoms in total. The molecule has 0 aromatic heterocycles. The molecule has 0 radical (unpaired) electrons. The highest BCUT2D eigenvalue weighted by Gasteiger charge is 2.11. The smallest absolute Gasteiger partial charge is 0.119 e. The van der Waals surface area contributed by atoms with Crippen molar-refractivity contribution in [2.75, 3.05) is 0 Å². The van der Waals surface area contributed by atoms with Crippen LogP contribution in [0.15, 0.2) is 12.1 Å². The minimum atomic E-state index is -0.129. The summed E-state index contributed by atoms with van der Waals surface area (Å²) in [6, 6.07) is 3.29. The summed E-state index contributed by atoms with van der Waals surface area (Å²) < 4.78 is 0. The Morgan fingerprint density at radius 1 is 0.800 bits per heavy atom. The standard InChI is InChI=1S/C17H28O3/c1-2-3-4-5-6-7-8-9-15-16(13-19)14(12-18)10-11-17(15)20/h10-11,18-20H,2-9,12-13H2,1H3. The highest BCUT2D eigenvalue weighted by atomic mass is 16.3. The molecule has 0 atom stereocenters. The molecule has 0 fully saturated rings. The van der Waals surface area contributed by atoms with E-state index in [1.807, 2.05) is 0 Å². The first-order valence-corrected chi connectivity index (χ1v) is 7.78. The number of benzene rings is 1. The number of unbranched alkanes of at least 4 members (excludes halogenated alkanes) is 6. The molecule has 0 aliphatic heterocycles. The first kappa shape index (κ1) is 17.0. The molecule has 1 aromatic rings. The van der Waals surface area contributed by atoms with Crippen molar-refractivity contribution in [1.82, 2.24) is 0 Å². The Hall–Kier alpha value is -1.06. The fraction of sp³-hybridized carbons (Fsp3) is 0.647. The van der Waals surface area contributed by atoms with E-state index in [2.05, 4.69) is 6.92 Å². The molecular weight excluding hydrogens is 252 g/mol. The van der Waals surface area contributed by atoms with E-state index < -0.39 is 0 Å². The zero-order valence-corrected chi connectivity index (χ0v) is 12.6. The third-order valence-corrected chi connectivity index (χ3v) is 3.86. The maximum absolute atomic E-state index is 9.92. The van der Waals surface area contributed by atoms with Crippen LogP contribution in [0.5, 0.6) is 5.75 Å². The molecule has 3 N–H and O–H groups in total. The lowest BCUT2D eigenvalue weighted by molar-refractivity contribution is 0.258. The van der Waals surface area contributed by atoms with Crippen LogP contribution in [0.25, 0.3) is 0 Å². The van der Waals surface area contributed by atoms with Gasteiger partial charge in [-0.25, -0.2) is 0 Å². The first-order valence-electron chi connectivity index (χ1n) is 7.78. The largest absolute Gasteiger partial charge is 0.508 e. The zero-order chi connectivity index (χ0) is 14.8. The molecule has 0 saturated heterocycles. The van der Waals surface area contributed by atoms with Crippen molar-refractivity contribution in [3.05, 3.63) is 28.8 Å². The van der Waals surface area contributed by atoms with Crippen LogP contribution in [0.2, 0.25) is 0 Å². The van der Waals surface area contributed by atoms with Gasteiger partial charge >= 0.3 is 0 Å². The van der Waals surface area contributed by atoms with E-state index in [9.17, 15) is 15.3 Å². The van der Waals surface area contributed by atoms with Gasteiger partial charge in [-0.3, -0.25) is 0 Å². The number of phenols is 1. The van der Waals surface area contributed by atoms with Crippen LogP contribution in [0, 0.1) is 0 Å². The topological polar surface area (TPSA) is 60.7 Å². The van der Waals surface area contributed by atoms with E-state index in [0.29, 0.717) is 11.1 Å². The number of aliphatic hydroxyl groups excluding tert-OH is 2. The fourth-order valence-electron chi connectivity index (χ4n) is 2.61. The van der Waals surface area contributed by atoms with Crippen molar-refractivity contribution in [2.45, 2.75) is 71.5 Å². The van der Waals surface area contributed by atoms with Crippen LogP contribution in [0.1, 0.15) is 68.6 Å². The highest BCUT2D eigenvalue weighted by molar-refractivity contribution is 5.44. The molecule has 1 aromatic carbocycles. The number of hydrogen-bond donors (Lipinski definition) is 3. The Bertz CT molecular complexity index is 388. The maximum Gasteiger partial charge on any atom is 0.119 e. The third kappa shape index (κ3) is 5.14. The second-order valence-corrected chi connectivity index (χ2v) is 5.39. The van der Waals surface area contributed by atoms with Crippen LogP contribution in [-0.2, 0) is 19.6 Å². The molecular formula is C17H28O3. The number of phenolic OH excluding ortho intramolecular Hbond substituents is 1. The van der Waals surface area contributed by atoms with Gasteiger partial charge in [0.05, 0.1) is 13.2 Å². The number of rotatable bonds is 10. The monoisotopic (exact) mass is 280 g/mol. The van der Waals surface area contributed by atoms with E-state index in [4.69, 9.17) is 0 Å². The Labute approximate surface area is 122 Å². The van der Waals surface area contributed by atoms with E-state index >= 15 is 0 Å². The molecule has 3 heteroatoms. The van der Waals surface area contributed by atoms with Gasteiger partial charge in [-0.1, -0.05) is 51.5 Å². The molecule has 0 aliphatic carbocycles. The number of hydrogen-bond acceptors (Lipinski definition) is 3. The molecule has 0 aliphatic rings. The van der Waals surface area contributed by atoms with Crippen molar-refractivity contribution in [3.63, 3.8) is 0 Å².